The summed E-state index contributed by atoms with van der Waals surface area (Å²) in [6.45, 7) is 0.0154. The molecule has 0 aliphatic heterocycles. The van der Waals surface area contributed by atoms with Crippen LogP contribution in [0.3, 0.4) is 0 Å². The van der Waals surface area contributed by atoms with Crippen LogP contribution >= 0.6 is 0 Å². The van der Waals surface area contributed by atoms with E-state index in [0.29, 0.717) is 6.04 Å². The van der Waals surface area contributed by atoms with Crippen LogP contribution in [0.5, 0.6) is 0 Å². The summed E-state index contributed by atoms with van der Waals surface area (Å²) in [6.07, 6.45) is 5.06. The van der Waals surface area contributed by atoms with Crippen molar-refractivity contribution in [3.8, 4) is 0 Å². The van der Waals surface area contributed by atoms with Crippen LogP contribution in [0.2, 0.25) is 0 Å². The monoisotopic (exact) mass is 247 g/mol. The molecule has 1 aliphatic rings. The highest BCUT2D eigenvalue weighted by Crippen LogP contribution is 2.31. The molecule has 4 heteroatoms. The number of rotatable bonds is 4. The van der Waals surface area contributed by atoms with Gasteiger partial charge in [0.15, 0.2) is 0 Å². The molecule has 0 saturated heterocycles. The number of hydrogen-bond donors (Lipinski definition) is 2. The third-order valence-electron chi connectivity index (χ3n) is 3.62. The van der Waals surface area contributed by atoms with Crippen LogP contribution in [0, 0.1) is 0 Å². The summed E-state index contributed by atoms with van der Waals surface area (Å²) in [5.41, 5.74) is 7.27. The summed E-state index contributed by atoms with van der Waals surface area (Å²) in [7, 11) is 2.10. The Labute approximate surface area is 108 Å². The molecule has 1 aliphatic carbocycles. The smallest absolute Gasteiger partial charge is 0.238 e. The van der Waals surface area contributed by atoms with E-state index < -0.39 is 0 Å². The second kappa shape index (κ2) is 5.87. The molecule has 0 radical (unpaired) electrons. The number of nitrogens with one attached hydrogen (secondary N) is 1. The lowest BCUT2D eigenvalue weighted by atomic mass is 10.1. The molecule has 4 nitrogen and oxygen atoms in total. The van der Waals surface area contributed by atoms with Crippen molar-refractivity contribution in [2.45, 2.75) is 31.7 Å². The van der Waals surface area contributed by atoms with E-state index in [1.807, 2.05) is 24.3 Å². The number of nitrogens with zero attached hydrogens (tertiary/aromatic N) is 1. The number of hydrogen-bond acceptors (Lipinski definition) is 3. The van der Waals surface area contributed by atoms with Crippen LogP contribution in [0.4, 0.5) is 11.4 Å². The van der Waals surface area contributed by atoms with E-state index in [2.05, 4.69) is 17.3 Å². The van der Waals surface area contributed by atoms with Gasteiger partial charge in [-0.3, -0.25) is 4.79 Å². The Morgan fingerprint density at radius 1 is 1.39 bits per heavy atom. The number of carbonyl (C=O) groups is 1. The predicted octanol–water partition coefficient (Wildman–Crippen LogP) is 1.96. The Kier molecular flexibility index (Phi) is 4.20. The van der Waals surface area contributed by atoms with Crippen LogP contribution in [0.25, 0.3) is 0 Å². The number of para-hydroxylation sites is 2. The second-order valence-corrected chi connectivity index (χ2v) is 4.82. The first kappa shape index (κ1) is 12.9. The molecule has 1 amide bonds. The Bertz CT molecular complexity index is 413. The lowest BCUT2D eigenvalue weighted by Gasteiger charge is -2.28. The number of anilines is 2. The van der Waals surface area contributed by atoms with E-state index >= 15 is 0 Å². The van der Waals surface area contributed by atoms with E-state index in [0.717, 1.165) is 11.4 Å². The molecule has 1 aromatic carbocycles. The number of benzene rings is 1. The van der Waals surface area contributed by atoms with Gasteiger partial charge in [0.2, 0.25) is 5.91 Å². The molecule has 0 bridgehead atoms. The minimum absolute atomic E-state index is 0.0154. The molecule has 0 aromatic heterocycles. The van der Waals surface area contributed by atoms with Gasteiger partial charge in [0.25, 0.3) is 0 Å². The third kappa shape index (κ3) is 2.82. The lowest BCUT2D eigenvalue weighted by molar-refractivity contribution is -0.114. The molecule has 1 fully saturated rings. The minimum Gasteiger partial charge on any atom is -0.370 e. The van der Waals surface area contributed by atoms with E-state index in [1.165, 1.54) is 25.7 Å². The van der Waals surface area contributed by atoms with Crippen LogP contribution in [-0.2, 0) is 4.79 Å². The first-order valence-electron chi connectivity index (χ1n) is 6.54. The van der Waals surface area contributed by atoms with Gasteiger partial charge in [-0.1, -0.05) is 25.0 Å². The topological polar surface area (TPSA) is 58.4 Å². The molecular weight excluding hydrogens is 226 g/mol. The molecule has 98 valence electrons. The molecule has 0 spiro atoms. The zero-order valence-corrected chi connectivity index (χ0v) is 10.9. The predicted molar refractivity (Wildman–Crippen MR) is 74.8 cm³/mol. The summed E-state index contributed by atoms with van der Waals surface area (Å²) >= 11 is 0. The van der Waals surface area contributed by atoms with Gasteiger partial charge in [-0.15, -0.1) is 0 Å². The molecule has 1 saturated carbocycles. The Hall–Kier alpha value is -1.55. The van der Waals surface area contributed by atoms with Crippen molar-refractivity contribution < 1.29 is 4.79 Å². The maximum Gasteiger partial charge on any atom is 0.238 e. The maximum absolute atomic E-state index is 11.4. The van der Waals surface area contributed by atoms with Crippen molar-refractivity contribution in [1.29, 1.82) is 0 Å². The van der Waals surface area contributed by atoms with Gasteiger partial charge in [0.05, 0.1) is 17.9 Å². The van der Waals surface area contributed by atoms with Gasteiger partial charge < -0.3 is 16.0 Å². The fourth-order valence-electron chi connectivity index (χ4n) is 2.58. The van der Waals surface area contributed by atoms with E-state index in [1.54, 1.807) is 0 Å². The third-order valence-corrected chi connectivity index (χ3v) is 3.62. The molecular formula is C14H21N3O. The summed E-state index contributed by atoms with van der Waals surface area (Å²) in [4.78, 5) is 13.7. The molecule has 0 atom stereocenters. The van der Waals surface area contributed by atoms with Gasteiger partial charge >= 0.3 is 0 Å². The first-order chi connectivity index (χ1) is 8.72. The Morgan fingerprint density at radius 2 is 2.06 bits per heavy atom. The Balaban J connectivity index is 2.17. The first-order valence-corrected chi connectivity index (χ1v) is 6.54. The van der Waals surface area contributed by atoms with Crippen molar-refractivity contribution in [1.82, 2.24) is 0 Å². The van der Waals surface area contributed by atoms with Crippen molar-refractivity contribution >= 4 is 17.3 Å². The van der Waals surface area contributed by atoms with Crippen molar-refractivity contribution in [2.75, 3.05) is 23.8 Å². The highest BCUT2D eigenvalue weighted by molar-refractivity contribution is 5.95. The highest BCUT2D eigenvalue weighted by Gasteiger charge is 2.21. The van der Waals surface area contributed by atoms with Gasteiger partial charge in [0, 0.05) is 13.1 Å². The summed E-state index contributed by atoms with van der Waals surface area (Å²) in [5.74, 6) is -0.151. The summed E-state index contributed by atoms with van der Waals surface area (Å²) < 4.78 is 0. The van der Waals surface area contributed by atoms with Crippen LogP contribution in [0.15, 0.2) is 24.3 Å². The molecule has 18 heavy (non-hydrogen) atoms. The fourth-order valence-corrected chi connectivity index (χ4v) is 2.58. The summed E-state index contributed by atoms with van der Waals surface area (Å²) in [5, 5.41) is 2.86. The zero-order chi connectivity index (χ0) is 13.0. The molecule has 0 unspecified atom stereocenters. The Morgan fingerprint density at radius 3 is 2.72 bits per heavy atom. The maximum atomic E-state index is 11.4. The normalized spacial score (nSPS) is 15.7. The quantitative estimate of drug-likeness (QED) is 0.855. The second-order valence-electron chi connectivity index (χ2n) is 4.82. The van der Waals surface area contributed by atoms with Gasteiger partial charge in [-0.2, -0.15) is 0 Å². The molecule has 2 rings (SSSR count). The average Bonchev–Trinajstić information content (AvgIpc) is 2.92. The molecule has 1 aromatic rings. The van der Waals surface area contributed by atoms with Crippen LogP contribution < -0.4 is 16.0 Å². The SMILES string of the molecule is CN(c1ccccc1NC(=O)CN)C1CCCC1. The summed E-state index contributed by atoms with van der Waals surface area (Å²) in [6, 6.07) is 8.48. The van der Waals surface area contributed by atoms with Crippen molar-refractivity contribution in [3.63, 3.8) is 0 Å². The number of nitrogens with two attached hydrogens (primary N) is 1. The number of amides is 1. The number of carbonyl (C=O) groups excluding carboxylic acids is 1. The van der Waals surface area contributed by atoms with Crippen LogP contribution in [-0.4, -0.2) is 25.5 Å². The van der Waals surface area contributed by atoms with Gasteiger partial charge in [-0.25, -0.2) is 0 Å². The standard InChI is InChI=1S/C14H21N3O/c1-17(11-6-2-3-7-11)13-9-5-4-8-12(13)16-14(18)10-15/h4-5,8-9,11H,2-3,6-7,10,15H2,1H3,(H,16,18). The van der Waals surface area contributed by atoms with E-state index in [-0.39, 0.29) is 12.5 Å². The molecule has 3 N–H and O–H groups in total. The molecule has 0 heterocycles. The van der Waals surface area contributed by atoms with Crippen LogP contribution in [0.1, 0.15) is 25.7 Å². The highest BCUT2D eigenvalue weighted by atomic mass is 16.1. The fraction of sp³-hybridized carbons (Fsp3) is 0.500. The van der Waals surface area contributed by atoms with Gasteiger partial charge in [0.1, 0.15) is 0 Å². The lowest BCUT2D eigenvalue weighted by Crippen LogP contribution is -2.30. The van der Waals surface area contributed by atoms with E-state index in [4.69, 9.17) is 5.73 Å². The average molecular weight is 247 g/mol. The zero-order valence-electron chi connectivity index (χ0n) is 10.9. The van der Waals surface area contributed by atoms with Crippen molar-refractivity contribution in [3.05, 3.63) is 24.3 Å². The largest absolute Gasteiger partial charge is 0.370 e. The minimum atomic E-state index is -0.151. The van der Waals surface area contributed by atoms with Crippen molar-refractivity contribution in [2.24, 2.45) is 5.73 Å². The van der Waals surface area contributed by atoms with Gasteiger partial charge in [-0.05, 0) is 25.0 Å². The van der Waals surface area contributed by atoms with E-state index in [9.17, 15) is 4.79 Å².